The predicted molar refractivity (Wildman–Crippen MR) is 78.4 cm³/mol. The number of aryl methyl sites for hydroxylation is 1. The number of hydrazine groups is 1. The summed E-state index contributed by atoms with van der Waals surface area (Å²) in [6.45, 7) is 0.614. The number of rotatable bonds is 6. The Hall–Kier alpha value is -2.33. The van der Waals surface area contributed by atoms with Crippen molar-refractivity contribution < 1.29 is 9.53 Å². The van der Waals surface area contributed by atoms with Crippen molar-refractivity contribution in [2.75, 3.05) is 6.61 Å². The van der Waals surface area contributed by atoms with Crippen molar-refractivity contribution in [3.05, 3.63) is 65.7 Å². The van der Waals surface area contributed by atoms with Gasteiger partial charge >= 0.3 is 0 Å². The summed E-state index contributed by atoms with van der Waals surface area (Å²) in [6.07, 6.45) is 1.90. The summed E-state index contributed by atoms with van der Waals surface area (Å²) in [5, 5.41) is 0. The van der Waals surface area contributed by atoms with Gasteiger partial charge in [0.2, 0.25) is 0 Å². The maximum absolute atomic E-state index is 11.4. The van der Waals surface area contributed by atoms with Gasteiger partial charge in [0.25, 0.3) is 5.91 Å². The van der Waals surface area contributed by atoms with Crippen LogP contribution in [-0.2, 0) is 6.42 Å². The van der Waals surface area contributed by atoms with Crippen LogP contribution in [0.15, 0.2) is 54.6 Å². The van der Waals surface area contributed by atoms with E-state index < -0.39 is 0 Å². The van der Waals surface area contributed by atoms with Crippen LogP contribution >= 0.6 is 0 Å². The third-order valence-electron chi connectivity index (χ3n) is 2.95. The summed E-state index contributed by atoms with van der Waals surface area (Å²) in [4.78, 5) is 11.4. The molecule has 0 aliphatic rings. The van der Waals surface area contributed by atoms with E-state index in [1.807, 2.05) is 24.3 Å². The van der Waals surface area contributed by atoms with Crippen LogP contribution in [0.1, 0.15) is 22.3 Å². The topological polar surface area (TPSA) is 64.3 Å². The second-order valence-electron chi connectivity index (χ2n) is 4.44. The zero-order valence-electron chi connectivity index (χ0n) is 11.2. The number of nitrogens with two attached hydrogens (primary N) is 1. The van der Waals surface area contributed by atoms with Crippen LogP contribution in [-0.4, -0.2) is 12.5 Å². The number of nitrogen functional groups attached to an aromatic ring is 1. The van der Waals surface area contributed by atoms with E-state index in [4.69, 9.17) is 10.6 Å². The molecular formula is C16H18N2O2. The van der Waals surface area contributed by atoms with Gasteiger partial charge in [-0.25, -0.2) is 5.84 Å². The SMILES string of the molecule is NNC(=O)c1cccc(OCCCc2ccccc2)c1. The summed E-state index contributed by atoms with van der Waals surface area (Å²) < 4.78 is 5.64. The highest BCUT2D eigenvalue weighted by atomic mass is 16.5. The minimum absolute atomic E-state index is 0.320. The molecule has 0 unspecified atom stereocenters. The normalized spacial score (nSPS) is 10.1. The molecule has 3 N–H and O–H groups in total. The monoisotopic (exact) mass is 270 g/mol. The van der Waals surface area contributed by atoms with Crippen molar-refractivity contribution in [2.45, 2.75) is 12.8 Å². The van der Waals surface area contributed by atoms with E-state index in [0.717, 1.165) is 12.8 Å². The molecule has 2 aromatic rings. The van der Waals surface area contributed by atoms with E-state index >= 15 is 0 Å². The van der Waals surface area contributed by atoms with Crippen LogP contribution in [0.3, 0.4) is 0 Å². The molecule has 0 atom stereocenters. The molecular weight excluding hydrogens is 252 g/mol. The van der Waals surface area contributed by atoms with Gasteiger partial charge in [0.15, 0.2) is 0 Å². The molecule has 0 aromatic heterocycles. The highest BCUT2D eigenvalue weighted by molar-refractivity contribution is 5.94. The Bertz CT molecular complexity index is 555. The van der Waals surface area contributed by atoms with Crippen LogP contribution in [0.2, 0.25) is 0 Å². The van der Waals surface area contributed by atoms with Crippen LogP contribution in [0, 0.1) is 0 Å². The Kier molecular flexibility index (Phi) is 5.15. The highest BCUT2D eigenvalue weighted by Crippen LogP contribution is 2.14. The number of ether oxygens (including phenoxy) is 1. The quantitative estimate of drug-likeness (QED) is 0.366. The first-order valence-corrected chi connectivity index (χ1v) is 6.57. The standard InChI is InChI=1S/C16H18N2O2/c17-18-16(19)14-9-4-10-15(12-14)20-11-5-8-13-6-2-1-3-7-13/h1-4,6-7,9-10,12H,5,8,11,17H2,(H,18,19). The number of hydrogen-bond acceptors (Lipinski definition) is 3. The third-order valence-corrected chi connectivity index (χ3v) is 2.95. The van der Waals surface area contributed by atoms with Gasteiger partial charge in [0, 0.05) is 5.56 Å². The molecule has 0 spiro atoms. The fourth-order valence-electron chi connectivity index (χ4n) is 1.92. The first kappa shape index (κ1) is 14.1. The summed E-state index contributed by atoms with van der Waals surface area (Å²) in [7, 11) is 0. The predicted octanol–water partition coefficient (Wildman–Crippen LogP) is 2.30. The highest BCUT2D eigenvalue weighted by Gasteiger charge is 2.04. The van der Waals surface area contributed by atoms with Crippen molar-refractivity contribution in [1.82, 2.24) is 5.43 Å². The van der Waals surface area contributed by atoms with E-state index in [0.29, 0.717) is 17.9 Å². The summed E-state index contributed by atoms with van der Waals surface area (Å²) in [5.41, 5.74) is 3.89. The minimum Gasteiger partial charge on any atom is -0.494 e. The molecule has 0 aliphatic heterocycles. The molecule has 0 saturated carbocycles. The number of amides is 1. The second kappa shape index (κ2) is 7.31. The molecule has 104 valence electrons. The lowest BCUT2D eigenvalue weighted by Crippen LogP contribution is -2.29. The third kappa shape index (κ3) is 4.10. The van der Waals surface area contributed by atoms with Crippen molar-refractivity contribution in [3.63, 3.8) is 0 Å². The fourth-order valence-corrected chi connectivity index (χ4v) is 1.92. The van der Waals surface area contributed by atoms with Crippen LogP contribution < -0.4 is 16.0 Å². The number of hydrogen-bond donors (Lipinski definition) is 2. The van der Waals surface area contributed by atoms with Gasteiger partial charge in [0.1, 0.15) is 5.75 Å². The van der Waals surface area contributed by atoms with E-state index in [1.54, 1.807) is 18.2 Å². The smallest absolute Gasteiger partial charge is 0.265 e. The fraction of sp³-hybridized carbons (Fsp3) is 0.188. The number of benzene rings is 2. The Balaban J connectivity index is 1.81. The molecule has 0 radical (unpaired) electrons. The van der Waals surface area contributed by atoms with Crippen molar-refractivity contribution in [1.29, 1.82) is 0 Å². The van der Waals surface area contributed by atoms with Crippen LogP contribution in [0.4, 0.5) is 0 Å². The molecule has 4 nitrogen and oxygen atoms in total. The van der Waals surface area contributed by atoms with E-state index in [1.165, 1.54) is 5.56 Å². The molecule has 2 aromatic carbocycles. The molecule has 1 amide bonds. The van der Waals surface area contributed by atoms with Gasteiger partial charge in [-0.05, 0) is 36.6 Å². The van der Waals surface area contributed by atoms with Crippen LogP contribution in [0.5, 0.6) is 5.75 Å². The molecule has 0 bridgehead atoms. The van der Waals surface area contributed by atoms with Crippen molar-refractivity contribution >= 4 is 5.91 Å². The van der Waals surface area contributed by atoms with E-state index in [-0.39, 0.29) is 5.91 Å². The molecule has 4 heteroatoms. The number of carbonyl (C=O) groups excluding carboxylic acids is 1. The second-order valence-corrected chi connectivity index (χ2v) is 4.44. The maximum Gasteiger partial charge on any atom is 0.265 e. The number of carbonyl (C=O) groups is 1. The van der Waals surface area contributed by atoms with Crippen molar-refractivity contribution in [2.24, 2.45) is 5.84 Å². The molecule has 0 aliphatic carbocycles. The van der Waals surface area contributed by atoms with Gasteiger partial charge in [-0.3, -0.25) is 10.2 Å². The van der Waals surface area contributed by atoms with Gasteiger partial charge in [0.05, 0.1) is 6.61 Å². The summed E-state index contributed by atoms with van der Waals surface area (Å²) >= 11 is 0. The van der Waals surface area contributed by atoms with Gasteiger partial charge in [-0.15, -0.1) is 0 Å². The largest absolute Gasteiger partial charge is 0.494 e. The number of nitrogens with one attached hydrogen (secondary N) is 1. The maximum atomic E-state index is 11.4. The zero-order chi connectivity index (χ0) is 14.2. The summed E-state index contributed by atoms with van der Waals surface area (Å²) in [6, 6.07) is 17.3. The first-order valence-electron chi connectivity index (χ1n) is 6.57. The summed E-state index contributed by atoms with van der Waals surface area (Å²) in [5.74, 6) is 5.46. The lowest BCUT2D eigenvalue weighted by Gasteiger charge is -2.07. The lowest BCUT2D eigenvalue weighted by molar-refractivity contribution is 0.0953. The molecule has 0 fully saturated rings. The Labute approximate surface area is 118 Å². The minimum atomic E-state index is -0.320. The Morgan fingerprint density at radius 3 is 2.65 bits per heavy atom. The van der Waals surface area contributed by atoms with Gasteiger partial charge in [-0.1, -0.05) is 36.4 Å². The van der Waals surface area contributed by atoms with Gasteiger partial charge < -0.3 is 4.74 Å². The Morgan fingerprint density at radius 2 is 1.90 bits per heavy atom. The van der Waals surface area contributed by atoms with E-state index in [9.17, 15) is 4.79 Å². The average Bonchev–Trinajstić information content (AvgIpc) is 2.52. The lowest BCUT2D eigenvalue weighted by atomic mass is 10.1. The van der Waals surface area contributed by atoms with Gasteiger partial charge in [-0.2, -0.15) is 0 Å². The first-order chi connectivity index (χ1) is 9.79. The van der Waals surface area contributed by atoms with Crippen LogP contribution in [0.25, 0.3) is 0 Å². The molecule has 2 rings (SSSR count). The average molecular weight is 270 g/mol. The molecule has 0 saturated heterocycles. The molecule has 0 heterocycles. The zero-order valence-corrected chi connectivity index (χ0v) is 11.2. The van der Waals surface area contributed by atoms with E-state index in [2.05, 4.69) is 17.6 Å². The van der Waals surface area contributed by atoms with Crippen molar-refractivity contribution in [3.8, 4) is 5.75 Å². The Morgan fingerprint density at radius 1 is 1.10 bits per heavy atom. The molecule has 20 heavy (non-hydrogen) atoms.